The first-order valence-corrected chi connectivity index (χ1v) is 12.3. The number of hydrogen-bond donors (Lipinski definition) is 2. The molecule has 2 aromatic heterocycles. The van der Waals surface area contributed by atoms with Crippen molar-refractivity contribution in [2.75, 3.05) is 7.11 Å². The normalized spacial score (nSPS) is 23.5. The molecule has 4 aromatic rings. The molecule has 3 atom stereocenters. The Morgan fingerprint density at radius 3 is 2.74 bits per heavy atom. The zero-order valence-electron chi connectivity index (χ0n) is 19.5. The van der Waals surface area contributed by atoms with E-state index in [9.17, 15) is 5.11 Å². The van der Waals surface area contributed by atoms with Gasteiger partial charge in [0.25, 0.3) is 0 Å². The predicted octanol–water partition coefficient (Wildman–Crippen LogP) is 4.64. The smallest absolute Gasteiger partial charge is 0.134 e. The van der Waals surface area contributed by atoms with E-state index in [0.29, 0.717) is 24.5 Å². The van der Waals surface area contributed by atoms with Crippen molar-refractivity contribution >= 4 is 21.9 Å². The van der Waals surface area contributed by atoms with Gasteiger partial charge in [-0.3, -0.25) is 9.88 Å². The van der Waals surface area contributed by atoms with Crippen LogP contribution in [0.2, 0.25) is 0 Å². The van der Waals surface area contributed by atoms with Gasteiger partial charge < -0.3 is 19.6 Å². The summed E-state index contributed by atoms with van der Waals surface area (Å²) in [6.07, 6.45) is 6.34. The van der Waals surface area contributed by atoms with Crippen molar-refractivity contribution in [2.45, 2.75) is 63.0 Å². The molecule has 2 aromatic carbocycles. The number of aliphatic hydroxyl groups is 1. The van der Waals surface area contributed by atoms with Crippen molar-refractivity contribution < 1.29 is 14.3 Å². The summed E-state index contributed by atoms with van der Waals surface area (Å²) in [5.74, 6) is 1.80. The van der Waals surface area contributed by atoms with Crippen molar-refractivity contribution in [3.05, 3.63) is 72.1 Å². The first-order chi connectivity index (χ1) is 16.7. The third-order valence-corrected chi connectivity index (χ3v) is 7.62. The minimum absolute atomic E-state index is 0.407. The number of methoxy groups -OCH3 is 1. The predicted molar refractivity (Wildman–Crippen MR) is 133 cm³/mol. The second kappa shape index (κ2) is 9.02. The van der Waals surface area contributed by atoms with Crippen LogP contribution < -0.4 is 10.1 Å². The molecule has 2 saturated heterocycles. The molecule has 0 radical (unpaired) electrons. The van der Waals surface area contributed by atoms with Crippen molar-refractivity contribution in [3.8, 4) is 5.75 Å². The van der Waals surface area contributed by atoms with Crippen LogP contribution in [0.1, 0.15) is 37.0 Å². The molecule has 2 N–H and O–H groups in total. The molecule has 34 heavy (non-hydrogen) atoms. The van der Waals surface area contributed by atoms with Crippen molar-refractivity contribution in [3.63, 3.8) is 0 Å². The summed E-state index contributed by atoms with van der Waals surface area (Å²) in [5.41, 5.74) is 2.99. The summed E-state index contributed by atoms with van der Waals surface area (Å²) < 4.78 is 11.4. The summed E-state index contributed by atoms with van der Waals surface area (Å²) in [6, 6.07) is 19.5. The molecule has 176 valence electrons. The highest BCUT2D eigenvalue weighted by molar-refractivity contribution is 5.83. The van der Waals surface area contributed by atoms with Crippen LogP contribution in [0, 0.1) is 0 Å². The lowest BCUT2D eigenvalue weighted by Crippen LogP contribution is -2.53. The van der Waals surface area contributed by atoms with Crippen molar-refractivity contribution in [1.82, 2.24) is 15.2 Å². The van der Waals surface area contributed by atoms with Gasteiger partial charge in [-0.25, -0.2) is 0 Å². The number of nitrogens with one attached hydrogen (secondary N) is 1. The molecule has 6 heteroatoms. The summed E-state index contributed by atoms with van der Waals surface area (Å²) in [7, 11) is 1.68. The maximum absolute atomic E-state index is 11.3. The summed E-state index contributed by atoms with van der Waals surface area (Å²) in [6.45, 7) is 0.742. The monoisotopic (exact) mass is 457 g/mol. The molecule has 0 spiro atoms. The van der Waals surface area contributed by atoms with Gasteiger partial charge in [-0.05, 0) is 67.6 Å². The molecule has 0 saturated carbocycles. The number of pyridine rings is 1. The number of para-hydroxylation sites is 1. The summed E-state index contributed by atoms with van der Waals surface area (Å²) >= 11 is 0. The number of rotatable bonds is 7. The van der Waals surface area contributed by atoms with E-state index in [-0.39, 0.29) is 0 Å². The van der Waals surface area contributed by atoms with Gasteiger partial charge in [0.1, 0.15) is 23.3 Å². The van der Waals surface area contributed by atoms with Crippen molar-refractivity contribution in [2.24, 2.45) is 0 Å². The molecule has 0 amide bonds. The number of furan rings is 1. The fourth-order valence-electron chi connectivity index (χ4n) is 6.02. The van der Waals surface area contributed by atoms with Crippen LogP contribution in [0.3, 0.4) is 0 Å². The van der Waals surface area contributed by atoms with E-state index >= 15 is 0 Å². The van der Waals surface area contributed by atoms with Gasteiger partial charge in [0.05, 0.1) is 19.2 Å². The van der Waals surface area contributed by atoms with Gasteiger partial charge >= 0.3 is 0 Å². The van der Waals surface area contributed by atoms with E-state index in [1.54, 1.807) is 7.11 Å². The van der Waals surface area contributed by atoms with E-state index in [0.717, 1.165) is 71.2 Å². The van der Waals surface area contributed by atoms with Crippen LogP contribution in [-0.4, -0.2) is 46.5 Å². The average molecular weight is 458 g/mol. The quantitative estimate of drug-likeness (QED) is 0.422. The maximum Gasteiger partial charge on any atom is 0.134 e. The van der Waals surface area contributed by atoms with E-state index in [1.807, 2.05) is 48.7 Å². The van der Waals surface area contributed by atoms with Crippen LogP contribution >= 0.6 is 0 Å². The SMILES string of the molecule is COc1ccc2nccc(CC(O)N3C4CCC3CC(NCc3cc5ccccc5o3)C4)c2c1. The Morgan fingerprint density at radius 1 is 1.12 bits per heavy atom. The molecule has 0 aliphatic carbocycles. The van der Waals surface area contributed by atoms with Gasteiger partial charge in [0.15, 0.2) is 0 Å². The Morgan fingerprint density at radius 2 is 1.94 bits per heavy atom. The number of nitrogens with zero attached hydrogens (tertiary/aromatic N) is 2. The van der Waals surface area contributed by atoms with Gasteiger partial charge in [-0.2, -0.15) is 0 Å². The Labute approximate surface area is 199 Å². The zero-order valence-corrected chi connectivity index (χ0v) is 19.5. The Balaban J connectivity index is 1.12. The van der Waals surface area contributed by atoms with Gasteiger partial charge in [0, 0.05) is 41.5 Å². The van der Waals surface area contributed by atoms with Gasteiger partial charge in [-0.1, -0.05) is 18.2 Å². The maximum atomic E-state index is 11.3. The van der Waals surface area contributed by atoms with Crippen molar-refractivity contribution in [1.29, 1.82) is 0 Å². The highest BCUT2D eigenvalue weighted by atomic mass is 16.5. The fraction of sp³-hybridized carbons (Fsp3) is 0.393. The third kappa shape index (κ3) is 4.06. The van der Waals surface area contributed by atoms with Crippen LogP contribution in [0.4, 0.5) is 0 Å². The number of aromatic nitrogens is 1. The third-order valence-electron chi connectivity index (χ3n) is 7.62. The van der Waals surface area contributed by atoms with E-state index in [4.69, 9.17) is 9.15 Å². The van der Waals surface area contributed by atoms with E-state index < -0.39 is 6.23 Å². The fourth-order valence-corrected chi connectivity index (χ4v) is 6.02. The van der Waals surface area contributed by atoms with Gasteiger partial charge in [0.2, 0.25) is 0 Å². The van der Waals surface area contributed by atoms with Crippen LogP contribution in [0.15, 0.2) is 65.2 Å². The Bertz CT molecular complexity index is 1260. The first-order valence-electron chi connectivity index (χ1n) is 12.3. The van der Waals surface area contributed by atoms with E-state index in [1.165, 1.54) is 0 Å². The zero-order chi connectivity index (χ0) is 23.1. The molecule has 3 unspecified atom stereocenters. The lowest BCUT2D eigenvalue weighted by molar-refractivity contribution is -0.0513. The number of piperidine rings is 1. The molecule has 6 rings (SSSR count). The number of hydrogen-bond acceptors (Lipinski definition) is 6. The largest absolute Gasteiger partial charge is 0.497 e. The minimum atomic E-state index is -0.495. The van der Waals surface area contributed by atoms with Gasteiger partial charge in [-0.15, -0.1) is 0 Å². The van der Waals surface area contributed by atoms with Crippen LogP contribution in [0.25, 0.3) is 21.9 Å². The van der Waals surface area contributed by atoms with Crippen LogP contribution in [0.5, 0.6) is 5.75 Å². The summed E-state index contributed by atoms with van der Waals surface area (Å²) in [5, 5.41) is 17.2. The molecular formula is C28H31N3O3. The first kappa shape index (κ1) is 21.6. The molecular weight excluding hydrogens is 426 g/mol. The second-order valence-electron chi connectivity index (χ2n) is 9.67. The molecule has 2 bridgehead atoms. The highest BCUT2D eigenvalue weighted by Gasteiger charge is 2.43. The van der Waals surface area contributed by atoms with Crippen LogP contribution in [-0.2, 0) is 13.0 Å². The molecule has 6 nitrogen and oxygen atoms in total. The Kier molecular flexibility index (Phi) is 5.73. The minimum Gasteiger partial charge on any atom is -0.497 e. The number of aliphatic hydroxyl groups excluding tert-OH is 1. The lowest BCUT2D eigenvalue weighted by Gasteiger charge is -2.42. The molecule has 2 aliphatic rings. The number of fused-ring (bicyclic) bond motifs is 4. The second-order valence-corrected chi connectivity index (χ2v) is 9.67. The molecule has 4 heterocycles. The average Bonchev–Trinajstić information content (AvgIpc) is 3.40. The number of benzene rings is 2. The Hall–Kier alpha value is -2.93. The lowest BCUT2D eigenvalue weighted by atomic mass is 9.95. The standard InChI is InChI=1S/C28H31N3O3/c1-33-23-8-9-26-25(16-23)18(10-11-29-26)13-28(32)31-21-6-7-22(31)15-20(14-21)30-17-24-12-19-4-2-3-5-27(19)34-24/h2-5,8-12,16,20-22,28,30,32H,6-7,13-15,17H2,1H3. The summed E-state index contributed by atoms with van der Waals surface area (Å²) in [4.78, 5) is 6.85. The molecule has 2 fully saturated rings. The topological polar surface area (TPSA) is 70.8 Å². The van der Waals surface area contributed by atoms with E-state index in [2.05, 4.69) is 27.3 Å². The highest BCUT2D eigenvalue weighted by Crippen LogP contribution is 2.38. The number of ether oxygens (including phenoxy) is 1. The molecule has 2 aliphatic heterocycles.